The molecule has 3 rings (SSSR count). The minimum absolute atomic E-state index is 0.106. The highest BCUT2D eigenvalue weighted by Gasteiger charge is 2.32. The van der Waals surface area contributed by atoms with Gasteiger partial charge < -0.3 is 5.32 Å². The van der Waals surface area contributed by atoms with E-state index in [-0.39, 0.29) is 22.6 Å². The molecule has 1 aliphatic rings. The van der Waals surface area contributed by atoms with E-state index in [0.29, 0.717) is 31.7 Å². The summed E-state index contributed by atoms with van der Waals surface area (Å²) in [6.45, 7) is 6.75. The summed E-state index contributed by atoms with van der Waals surface area (Å²) in [4.78, 5) is 26.2. The number of amides is 1. The second kappa shape index (κ2) is 9.07. The number of sulfonamides is 1. The van der Waals surface area contributed by atoms with Crippen LogP contribution in [-0.2, 0) is 14.8 Å². The van der Waals surface area contributed by atoms with Crippen molar-refractivity contribution in [1.29, 1.82) is 0 Å². The number of Topliss-reactive ketones (excluding diaryl/α,β-unsaturated/α-hetero) is 1. The molecule has 2 aromatic carbocycles. The van der Waals surface area contributed by atoms with Crippen molar-refractivity contribution in [2.24, 2.45) is 0 Å². The molecule has 1 aliphatic heterocycles. The fraction of sp³-hybridized carbons (Fsp3) is 0.364. The third-order valence-corrected chi connectivity index (χ3v) is 7.41. The molecule has 1 saturated heterocycles. The normalized spacial score (nSPS) is 16.8. The van der Waals surface area contributed by atoms with Crippen molar-refractivity contribution in [2.75, 3.05) is 31.5 Å². The van der Waals surface area contributed by atoms with E-state index in [4.69, 9.17) is 0 Å². The maximum Gasteiger partial charge on any atom is 0.243 e. The highest BCUT2D eigenvalue weighted by molar-refractivity contribution is 7.89. The van der Waals surface area contributed by atoms with E-state index >= 15 is 0 Å². The topological polar surface area (TPSA) is 86.8 Å². The molecule has 1 heterocycles. The van der Waals surface area contributed by atoms with Gasteiger partial charge in [-0.25, -0.2) is 8.42 Å². The number of para-hydroxylation sites is 1. The van der Waals surface area contributed by atoms with E-state index in [1.54, 1.807) is 0 Å². The summed E-state index contributed by atoms with van der Waals surface area (Å²) >= 11 is 0. The lowest BCUT2D eigenvalue weighted by Gasteiger charge is -2.36. The third-order valence-electron chi connectivity index (χ3n) is 5.50. The highest BCUT2D eigenvalue weighted by atomic mass is 32.2. The summed E-state index contributed by atoms with van der Waals surface area (Å²) < 4.78 is 27.2. The summed E-state index contributed by atoms with van der Waals surface area (Å²) in [5.41, 5.74) is 2.25. The second-order valence-electron chi connectivity index (χ2n) is 7.50. The van der Waals surface area contributed by atoms with Crippen LogP contribution >= 0.6 is 0 Å². The number of piperazine rings is 1. The summed E-state index contributed by atoms with van der Waals surface area (Å²) in [6, 6.07) is 13.2. The molecular weight excluding hydrogens is 402 g/mol. The van der Waals surface area contributed by atoms with Crippen LogP contribution in [0.3, 0.4) is 0 Å². The summed E-state index contributed by atoms with van der Waals surface area (Å²) in [6.07, 6.45) is 0. The number of carbonyl (C=O) groups excluding carboxylic acids is 2. The van der Waals surface area contributed by atoms with Gasteiger partial charge in [0.15, 0.2) is 5.78 Å². The predicted molar refractivity (Wildman–Crippen MR) is 116 cm³/mol. The second-order valence-corrected chi connectivity index (χ2v) is 9.44. The Labute approximate surface area is 177 Å². The molecule has 1 atom stereocenters. The first-order valence-corrected chi connectivity index (χ1v) is 11.4. The van der Waals surface area contributed by atoms with Crippen LogP contribution in [0.1, 0.15) is 29.8 Å². The number of nitrogens with zero attached hydrogens (tertiary/aromatic N) is 2. The minimum Gasteiger partial charge on any atom is -0.324 e. The summed E-state index contributed by atoms with van der Waals surface area (Å²) in [5.74, 6) is -0.217. The van der Waals surface area contributed by atoms with Gasteiger partial charge in [-0.1, -0.05) is 30.3 Å². The van der Waals surface area contributed by atoms with Crippen LogP contribution in [0.4, 0.5) is 5.69 Å². The van der Waals surface area contributed by atoms with Gasteiger partial charge in [0.25, 0.3) is 0 Å². The van der Waals surface area contributed by atoms with Gasteiger partial charge in [-0.3, -0.25) is 14.5 Å². The van der Waals surface area contributed by atoms with Crippen molar-refractivity contribution in [1.82, 2.24) is 9.21 Å². The van der Waals surface area contributed by atoms with Crippen molar-refractivity contribution in [3.05, 3.63) is 59.7 Å². The largest absolute Gasteiger partial charge is 0.324 e. The minimum atomic E-state index is -3.63. The van der Waals surface area contributed by atoms with E-state index in [1.807, 2.05) is 43.0 Å². The molecule has 160 valence electrons. The number of rotatable bonds is 6. The maximum absolute atomic E-state index is 12.9. The first-order valence-electron chi connectivity index (χ1n) is 9.92. The van der Waals surface area contributed by atoms with Crippen LogP contribution < -0.4 is 5.32 Å². The summed E-state index contributed by atoms with van der Waals surface area (Å²) in [7, 11) is -3.63. The smallest absolute Gasteiger partial charge is 0.243 e. The van der Waals surface area contributed by atoms with Gasteiger partial charge in [-0.15, -0.1) is 0 Å². The van der Waals surface area contributed by atoms with Crippen molar-refractivity contribution in [3.8, 4) is 0 Å². The fourth-order valence-electron chi connectivity index (χ4n) is 3.46. The van der Waals surface area contributed by atoms with Crippen LogP contribution in [-0.4, -0.2) is 61.5 Å². The molecule has 7 nitrogen and oxygen atoms in total. The number of hydrogen-bond donors (Lipinski definition) is 1. The number of aryl methyl sites for hydroxylation is 1. The SMILES string of the molecule is CC(=O)c1ccc(S(=O)(=O)N2CCN([C@H](C)C(=O)Nc3ccccc3C)CC2)cc1. The predicted octanol–water partition coefficient (Wildman–Crippen LogP) is 2.53. The Morgan fingerprint density at radius 3 is 2.13 bits per heavy atom. The molecule has 0 aromatic heterocycles. The van der Waals surface area contributed by atoms with Crippen molar-refractivity contribution in [3.63, 3.8) is 0 Å². The Balaban J connectivity index is 1.61. The van der Waals surface area contributed by atoms with Crippen molar-refractivity contribution < 1.29 is 18.0 Å². The molecule has 30 heavy (non-hydrogen) atoms. The van der Waals surface area contributed by atoms with Gasteiger partial charge in [-0.05, 0) is 44.5 Å². The average molecular weight is 430 g/mol. The lowest BCUT2D eigenvalue weighted by Crippen LogP contribution is -2.53. The van der Waals surface area contributed by atoms with Gasteiger partial charge in [0.2, 0.25) is 15.9 Å². The number of benzene rings is 2. The first kappa shape index (κ1) is 22.1. The zero-order chi connectivity index (χ0) is 21.9. The molecule has 1 fully saturated rings. The zero-order valence-corrected chi connectivity index (χ0v) is 18.3. The Hall–Kier alpha value is -2.55. The summed E-state index contributed by atoms with van der Waals surface area (Å²) in [5, 5.41) is 2.95. The molecule has 0 radical (unpaired) electrons. The van der Waals surface area contributed by atoms with Gasteiger partial charge in [-0.2, -0.15) is 4.31 Å². The third kappa shape index (κ3) is 4.77. The van der Waals surface area contributed by atoms with Crippen molar-refractivity contribution in [2.45, 2.75) is 31.7 Å². The number of ketones is 1. The number of hydrogen-bond acceptors (Lipinski definition) is 5. The lowest BCUT2D eigenvalue weighted by molar-refractivity contribution is -0.121. The van der Waals surface area contributed by atoms with Gasteiger partial charge in [0.1, 0.15) is 0 Å². The van der Waals surface area contributed by atoms with Crippen LogP contribution in [0.15, 0.2) is 53.4 Å². The molecular formula is C22H27N3O4S. The van der Waals surface area contributed by atoms with Crippen LogP contribution in [0, 0.1) is 6.92 Å². The van der Waals surface area contributed by atoms with E-state index < -0.39 is 10.0 Å². The monoisotopic (exact) mass is 429 g/mol. The molecule has 1 N–H and O–H groups in total. The van der Waals surface area contributed by atoms with Crippen molar-refractivity contribution >= 4 is 27.4 Å². The lowest BCUT2D eigenvalue weighted by atomic mass is 10.1. The zero-order valence-electron chi connectivity index (χ0n) is 17.5. The Morgan fingerprint density at radius 1 is 0.967 bits per heavy atom. The molecule has 0 saturated carbocycles. The van der Waals surface area contributed by atoms with E-state index in [2.05, 4.69) is 5.32 Å². The van der Waals surface area contributed by atoms with Crippen LogP contribution in [0.2, 0.25) is 0 Å². The molecule has 0 bridgehead atoms. The Kier molecular flexibility index (Phi) is 6.70. The standard InChI is InChI=1S/C22H27N3O4S/c1-16-6-4-5-7-21(16)23-22(27)17(2)24-12-14-25(15-13-24)30(28,29)20-10-8-19(9-11-20)18(3)26/h4-11,17H,12-15H2,1-3H3,(H,23,27)/t17-/m1/s1. The fourth-order valence-corrected chi connectivity index (χ4v) is 4.88. The number of anilines is 1. The van der Waals surface area contributed by atoms with Gasteiger partial charge in [0.05, 0.1) is 10.9 Å². The molecule has 0 aliphatic carbocycles. The van der Waals surface area contributed by atoms with E-state index in [9.17, 15) is 18.0 Å². The molecule has 1 amide bonds. The van der Waals surface area contributed by atoms with Gasteiger partial charge in [0, 0.05) is 37.4 Å². The highest BCUT2D eigenvalue weighted by Crippen LogP contribution is 2.20. The quantitative estimate of drug-likeness (QED) is 0.713. The maximum atomic E-state index is 12.9. The Morgan fingerprint density at radius 2 is 1.57 bits per heavy atom. The van der Waals surface area contributed by atoms with Crippen LogP contribution in [0.5, 0.6) is 0 Å². The van der Waals surface area contributed by atoms with Gasteiger partial charge >= 0.3 is 0 Å². The van der Waals surface area contributed by atoms with E-state index in [0.717, 1.165) is 11.3 Å². The molecule has 2 aromatic rings. The van der Waals surface area contributed by atoms with E-state index in [1.165, 1.54) is 35.5 Å². The molecule has 8 heteroatoms. The first-order chi connectivity index (χ1) is 14.2. The molecule has 0 spiro atoms. The van der Waals surface area contributed by atoms with Crippen LogP contribution in [0.25, 0.3) is 0 Å². The molecule has 0 unspecified atom stereocenters. The average Bonchev–Trinajstić information content (AvgIpc) is 2.75. The number of carbonyl (C=O) groups is 2. The number of nitrogens with one attached hydrogen (secondary N) is 1. The Bertz CT molecular complexity index is 1030.